The largest absolute Gasteiger partial charge is 0.478 e. The molecule has 3 aliphatic rings. The highest BCUT2D eigenvalue weighted by molar-refractivity contribution is 7.89. The number of fused-ring (bicyclic) bond motifs is 3. The molecule has 0 spiro atoms. The minimum Gasteiger partial charge on any atom is -0.478 e. The predicted molar refractivity (Wildman–Crippen MR) is 91.5 cm³/mol. The van der Waals surface area contributed by atoms with Crippen LogP contribution in [0.1, 0.15) is 54.9 Å². The van der Waals surface area contributed by atoms with E-state index in [2.05, 4.69) is 4.72 Å². The zero-order chi connectivity index (χ0) is 17.5. The van der Waals surface area contributed by atoms with E-state index >= 15 is 0 Å². The molecule has 0 amide bonds. The van der Waals surface area contributed by atoms with Crippen LogP contribution in [0, 0.1) is 24.7 Å². The van der Waals surface area contributed by atoms with E-state index in [1.807, 2.05) is 6.92 Å². The lowest BCUT2D eigenvalue weighted by atomic mass is 9.63. The van der Waals surface area contributed by atoms with Gasteiger partial charge in [0.05, 0.1) is 10.5 Å². The fourth-order valence-electron chi connectivity index (χ4n) is 4.57. The summed E-state index contributed by atoms with van der Waals surface area (Å²) in [5, 5.41) is 9.20. The molecule has 2 unspecified atom stereocenters. The molecule has 1 aromatic rings. The van der Waals surface area contributed by atoms with Crippen molar-refractivity contribution in [2.75, 3.05) is 0 Å². The molecule has 3 saturated carbocycles. The maximum absolute atomic E-state index is 12.8. The molecule has 3 aliphatic carbocycles. The second kappa shape index (κ2) is 6.48. The molecule has 5 nitrogen and oxygen atoms in total. The molecule has 24 heavy (non-hydrogen) atoms. The van der Waals surface area contributed by atoms with Gasteiger partial charge in [0.2, 0.25) is 10.0 Å². The third-order valence-corrected chi connectivity index (χ3v) is 7.59. The summed E-state index contributed by atoms with van der Waals surface area (Å²) in [6.45, 7) is 3.49. The number of carbonyl (C=O) groups is 1. The molecule has 2 bridgehead atoms. The second-order valence-corrected chi connectivity index (χ2v) is 9.01. The highest BCUT2D eigenvalue weighted by Crippen LogP contribution is 2.46. The molecule has 3 fully saturated rings. The first-order chi connectivity index (χ1) is 11.3. The lowest BCUT2D eigenvalue weighted by Gasteiger charge is -2.45. The number of nitrogens with one attached hydrogen (secondary N) is 1. The van der Waals surface area contributed by atoms with Gasteiger partial charge in [0.15, 0.2) is 0 Å². The van der Waals surface area contributed by atoms with Gasteiger partial charge in [-0.3, -0.25) is 0 Å². The Hall–Kier alpha value is -1.40. The Morgan fingerprint density at radius 2 is 1.92 bits per heavy atom. The molecule has 0 aromatic heterocycles. The van der Waals surface area contributed by atoms with Crippen LogP contribution in [0.15, 0.2) is 23.1 Å². The maximum Gasteiger partial charge on any atom is 0.335 e. The van der Waals surface area contributed by atoms with Gasteiger partial charge in [-0.25, -0.2) is 17.9 Å². The summed E-state index contributed by atoms with van der Waals surface area (Å²) in [5.41, 5.74) is 0.317. The lowest BCUT2D eigenvalue weighted by Crippen LogP contribution is -2.45. The normalized spacial score (nSPS) is 27.8. The average molecular weight is 351 g/mol. The van der Waals surface area contributed by atoms with Crippen molar-refractivity contribution < 1.29 is 18.3 Å². The molecule has 0 aliphatic heterocycles. The second-order valence-electron chi connectivity index (χ2n) is 7.32. The first-order valence-electron chi connectivity index (χ1n) is 8.65. The summed E-state index contributed by atoms with van der Waals surface area (Å²) in [6.07, 6.45) is 6.06. The summed E-state index contributed by atoms with van der Waals surface area (Å²) in [6, 6.07) is 4.26. The topological polar surface area (TPSA) is 83.5 Å². The predicted octanol–water partition coefficient (Wildman–Crippen LogP) is 3.19. The van der Waals surface area contributed by atoms with E-state index in [9.17, 15) is 18.3 Å². The van der Waals surface area contributed by atoms with E-state index in [1.165, 1.54) is 43.9 Å². The zero-order valence-electron chi connectivity index (χ0n) is 14.2. The number of benzene rings is 1. The summed E-state index contributed by atoms with van der Waals surface area (Å²) in [5.74, 6) is 0.626. The number of carboxylic acid groups (broad SMARTS) is 1. The molecular formula is C18H25NO4S. The van der Waals surface area contributed by atoms with Crippen LogP contribution < -0.4 is 4.72 Å². The van der Waals surface area contributed by atoms with Crippen molar-refractivity contribution in [3.63, 3.8) is 0 Å². The fraction of sp³-hybridized carbons (Fsp3) is 0.611. The van der Waals surface area contributed by atoms with E-state index in [0.29, 0.717) is 11.8 Å². The minimum atomic E-state index is -3.73. The monoisotopic (exact) mass is 351 g/mol. The molecular weight excluding hydrogens is 326 g/mol. The third-order valence-electron chi connectivity index (χ3n) is 5.89. The summed E-state index contributed by atoms with van der Waals surface area (Å²) in [4.78, 5) is 11.3. The van der Waals surface area contributed by atoms with Crippen LogP contribution in [0.3, 0.4) is 0 Å². The van der Waals surface area contributed by atoms with E-state index in [0.717, 1.165) is 12.3 Å². The van der Waals surface area contributed by atoms with Gasteiger partial charge in [0, 0.05) is 6.04 Å². The first kappa shape index (κ1) is 17.4. The molecule has 2 atom stereocenters. The van der Waals surface area contributed by atoms with Crippen molar-refractivity contribution in [2.24, 2.45) is 17.8 Å². The van der Waals surface area contributed by atoms with Crippen LogP contribution in [-0.2, 0) is 10.0 Å². The van der Waals surface area contributed by atoms with Crippen LogP contribution >= 0.6 is 0 Å². The zero-order valence-corrected chi connectivity index (χ0v) is 15.0. The van der Waals surface area contributed by atoms with Gasteiger partial charge in [-0.05, 0) is 68.6 Å². The van der Waals surface area contributed by atoms with E-state index in [-0.39, 0.29) is 22.1 Å². The molecule has 4 rings (SSSR count). The Morgan fingerprint density at radius 3 is 2.46 bits per heavy atom. The number of hydrogen-bond donors (Lipinski definition) is 2. The Bertz CT molecular complexity index is 735. The van der Waals surface area contributed by atoms with Gasteiger partial charge in [-0.2, -0.15) is 0 Å². The van der Waals surface area contributed by atoms with Crippen molar-refractivity contribution in [3.8, 4) is 0 Å². The van der Waals surface area contributed by atoms with Crippen LogP contribution in [-0.4, -0.2) is 25.5 Å². The van der Waals surface area contributed by atoms with Gasteiger partial charge >= 0.3 is 5.97 Å². The van der Waals surface area contributed by atoms with Gasteiger partial charge in [-0.15, -0.1) is 0 Å². The molecule has 6 heteroatoms. The van der Waals surface area contributed by atoms with Crippen LogP contribution in [0.25, 0.3) is 0 Å². The fourth-order valence-corrected chi connectivity index (χ4v) is 6.14. The average Bonchev–Trinajstić information content (AvgIpc) is 2.55. The van der Waals surface area contributed by atoms with Crippen LogP contribution in [0.4, 0.5) is 0 Å². The molecule has 0 heterocycles. The Labute approximate surface area is 143 Å². The van der Waals surface area contributed by atoms with Crippen molar-refractivity contribution >= 4 is 16.0 Å². The SMILES string of the molecule is Cc1c(C(=O)O)cccc1S(=O)(=O)NC(C)C1CC2CCC1CC2. The van der Waals surface area contributed by atoms with Crippen molar-refractivity contribution in [1.29, 1.82) is 0 Å². The third kappa shape index (κ3) is 3.22. The number of sulfonamides is 1. The van der Waals surface area contributed by atoms with E-state index in [4.69, 9.17) is 0 Å². The van der Waals surface area contributed by atoms with Crippen molar-refractivity contribution in [1.82, 2.24) is 4.72 Å². The van der Waals surface area contributed by atoms with Gasteiger partial charge in [0.25, 0.3) is 0 Å². The van der Waals surface area contributed by atoms with E-state index < -0.39 is 16.0 Å². The maximum atomic E-state index is 12.8. The first-order valence-corrected chi connectivity index (χ1v) is 10.1. The van der Waals surface area contributed by atoms with Gasteiger partial charge < -0.3 is 5.11 Å². The standard InChI is InChI=1S/C18H25NO4S/c1-11-15(18(20)21)4-3-5-17(11)24(22,23)19-12(2)16-10-13-6-8-14(16)9-7-13/h3-5,12-14,16,19H,6-10H2,1-2H3,(H,20,21). The highest BCUT2D eigenvalue weighted by atomic mass is 32.2. The Balaban J connectivity index is 1.81. The summed E-state index contributed by atoms with van der Waals surface area (Å²) < 4.78 is 28.4. The smallest absolute Gasteiger partial charge is 0.335 e. The molecule has 132 valence electrons. The number of rotatable bonds is 5. The number of aromatic carboxylic acids is 1. The van der Waals surface area contributed by atoms with Gasteiger partial charge in [0.1, 0.15) is 0 Å². The molecule has 2 N–H and O–H groups in total. The molecule has 0 saturated heterocycles. The summed E-state index contributed by atoms with van der Waals surface area (Å²) in [7, 11) is -3.73. The molecule has 0 radical (unpaired) electrons. The lowest BCUT2D eigenvalue weighted by molar-refractivity contribution is 0.0696. The number of hydrogen-bond acceptors (Lipinski definition) is 3. The van der Waals surface area contributed by atoms with Crippen molar-refractivity contribution in [3.05, 3.63) is 29.3 Å². The quantitative estimate of drug-likeness (QED) is 0.853. The number of carboxylic acids is 1. The van der Waals surface area contributed by atoms with Crippen molar-refractivity contribution in [2.45, 2.75) is 56.9 Å². The van der Waals surface area contributed by atoms with Gasteiger partial charge in [-0.1, -0.05) is 18.9 Å². The highest BCUT2D eigenvalue weighted by Gasteiger charge is 2.39. The van der Waals surface area contributed by atoms with E-state index in [1.54, 1.807) is 6.92 Å². The van der Waals surface area contributed by atoms with Crippen LogP contribution in [0.5, 0.6) is 0 Å². The molecule has 1 aromatic carbocycles. The minimum absolute atomic E-state index is 0.0299. The summed E-state index contributed by atoms with van der Waals surface area (Å²) >= 11 is 0. The van der Waals surface area contributed by atoms with Crippen LogP contribution in [0.2, 0.25) is 0 Å². The Kier molecular flexibility index (Phi) is 4.71. The Morgan fingerprint density at radius 1 is 1.25 bits per heavy atom.